The Kier molecular flexibility index (Phi) is 5.80. The molecule has 1 aliphatic rings. The fraction of sp³-hybridized carbons (Fsp3) is 0.389. The molecule has 2 rings (SSSR count). The van der Waals surface area contributed by atoms with Crippen LogP contribution in [-0.2, 0) is 25.6 Å². The highest BCUT2D eigenvalue weighted by Crippen LogP contribution is 2.30. The van der Waals surface area contributed by atoms with Gasteiger partial charge < -0.3 is 19.3 Å². The molecule has 0 saturated carbocycles. The molecule has 0 heterocycles. The fourth-order valence-corrected chi connectivity index (χ4v) is 2.28. The Morgan fingerprint density at radius 1 is 1.17 bits per heavy atom. The van der Waals surface area contributed by atoms with Crippen LogP contribution in [0.4, 0.5) is 0 Å². The van der Waals surface area contributed by atoms with E-state index in [1.165, 1.54) is 14.2 Å². The van der Waals surface area contributed by atoms with E-state index in [1.807, 2.05) is 30.3 Å². The fourth-order valence-electron chi connectivity index (χ4n) is 2.28. The number of Topliss-reactive ketones (excluding diaryl/α,β-unsaturated/α-hetero) is 1. The number of ether oxygens (including phenoxy) is 3. The van der Waals surface area contributed by atoms with Crippen LogP contribution in [0.25, 0.3) is 0 Å². The minimum atomic E-state index is -1.75. The molecule has 0 radical (unpaired) electrons. The molecule has 5 nitrogen and oxygen atoms in total. The molecular weight excluding hydrogens is 296 g/mol. The van der Waals surface area contributed by atoms with Crippen molar-refractivity contribution in [3.8, 4) is 11.8 Å². The Morgan fingerprint density at radius 2 is 1.87 bits per heavy atom. The number of aliphatic hydroxyl groups is 1. The van der Waals surface area contributed by atoms with E-state index in [4.69, 9.17) is 14.2 Å². The first-order chi connectivity index (χ1) is 11.1. The van der Waals surface area contributed by atoms with Gasteiger partial charge in [0.15, 0.2) is 11.4 Å². The minimum absolute atomic E-state index is 0.0167. The van der Waals surface area contributed by atoms with Gasteiger partial charge in [-0.05, 0) is 5.56 Å². The first kappa shape index (κ1) is 17.1. The Balaban J connectivity index is 1.94. The Hall–Kier alpha value is -2.29. The predicted molar refractivity (Wildman–Crippen MR) is 84.1 cm³/mol. The van der Waals surface area contributed by atoms with Crippen LogP contribution in [0.1, 0.15) is 18.4 Å². The number of hydrogen-bond acceptors (Lipinski definition) is 5. The van der Waals surface area contributed by atoms with Gasteiger partial charge in [0.1, 0.15) is 18.1 Å². The van der Waals surface area contributed by atoms with Crippen LogP contribution in [0.15, 0.2) is 41.9 Å². The van der Waals surface area contributed by atoms with Crippen LogP contribution >= 0.6 is 0 Å². The number of allylic oxidation sites excluding steroid dienone is 1. The van der Waals surface area contributed by atoms with Crippen LogP contribution in [0, 0.1) is 11.8 Å². The van der Waals surface area contributed by atoms with Crippen molar-refractivity contribution in [2.75, 3.05) is 20.8 Å². The molecule has 0 aromatic heterocycles. The molecule has 0 bridgehead atoms. The van der Waals surface area contributed by atoms with Crippen LogP contribution < -0.4 is 0 Å². The van der Waals surface area contributed by atoms with Crippen molar-refractivity contribution in [1.29, 1.82) is 0 Å². The van der Waals surface area contributed by atoms with Crippen molar-refractivity contribution in [3.05, 3.63) is 47.4 Å². The molecule has 0 fully saturated rings. The number of rotatable bonds is 5. The monoisotopic (exact) mass is 316 g/mol. The second-order valence-electron chi connectivity index (χ2n) is 5.17. The summed E-state index contributed by atoms with van der Waals surface area (Å²) >= 11 is 0. The van der Waals surface area contributed by atoms with Crippen molar-refractivity contribution in [2.45, 2.75) is 25.0 Å². The third-order valence-corrected chi connectivity index (χ3v) is 3.58. The van der Waals surface area contributed by atoms with Gasteiger partial charge in [0, 0.05) is 0 Å². The third-order valence-electron chi connectivity index (χ3n) is 3.58. The van der Waals surface area contributed by atoms with Gasteiger partial charge in [-0.2, -0.15) is 0 Å². The zero-order valence-corrected chi connectivity index (χ0v) is 13.3. The van der Waals surface area contributed by atoms with Crippen molar-refractivity contribution < 1.29 is 24.1 Å². The first-order valence-corrected chi connectivity index (χ1v) is 7.26. The van der Waals surface area contributed by atoms with Gasteiger partial charge >= 0.3 is 0 Å². The molecule has 1 aliphatic carbocycles. The molecule has 0 amide bonds. The van der Waals surface area contributed by atoms with Crippen LogP contribution in [-0.4, -0.2) is 37.3 Å². The number of methoxy groups -OCH3 is 2. The van der Waals surface area contributed by atoms with E-state index in [0.717, 1.165) is 5.56 Å². The SMILES string of the molecule is COC1=C(OC)CC(O)(C#CCOCc2ccccc2)C(=O)C1. The van der Waals surface area contributed by atoms with Gasteiger partial charge in [-0.25, -0.2) is 0 Å². The smallest absolute Gasteiger partial charge is 0.191 e. The molecule has 1 atom stereocenters. The Bertz CT molecular complexity index is 638. The summed E-state index contributed by atoms with van der Waals surface area (Å²) in [6.07, 6.45) is -0.0487. The normalized spacial score (nSPS) is 20.7. The van der Waals surface area contributed by atoms with Crippen molar-refractivity contribution in [1.82, 2.24) is 0 Å². The summed E-state index contributed by atoms with van der Waals surface area (Å²) in [6, 6.07) is 9.70. The lowest BCUT2D eigenvalue weighted by Crippen LogP contribution is -2.41. The van der Waals surface area contributed by atoms with Crippen LogP contribution in [0.5, 0.6) is 0 Å². The van der Waals surface area contributed by atoms with Gasteiger partial charge in [-0.15, -0.1) is 0 Å². The van der Waals surface area contributed by atoms with Crippen molar-refractivity contribution in [3.63, 3.8) is 0 Å². The molecule has 5 heteroatoms. The molecule has 1 aromatic rings. The van der Waals surface area contributed by atoms with Crippen LogP contribution in [0.2, 0.25) is 0 Å². The quantitative estimate of drug-likeness (QED) is 0.663. The maximum atomic E-state index is 12.1. The number of hydrogen-bond donors (Lipinski definition) is 1. The second kappa shape index (κ2) is 7.82. The second-order valence-corrected chi connectivity index (χ2v) is 5.17. The largest absolute Gasteiger partial charge is 0.497 e. The Labute approximate surface area is 135 Å². The average Bonchev–Trinajstić information content (AvgIpc) is 2.57. The van der Waals surface area contributed by atoms with E-state index < -0.39 is 11.4 Å². The number of carbonyl (C=O) groups is 1. The summed E-state index contributed by atoms with van der Waals surface area (Å²) in [5.41, 5.74) is -0.708. The van der Waals surface area contributed by atoms with Gasteiger partial charge in [-0.1, -0.05) is 42.2 Å². The number of benzene rings is 1. The minimum Gasteiger partial charge on any atom is -0.497 e. The summed E-state index contributed by atoms with van der Waals surface area (Å²) < 4.78 is 15.7. The molecule has 1 unspecified atom stereocenters. The van der Waals surface area contributed by atoms with E-state index in [-0.39, 0.29) is 19.4 Å². The summed E-state index contributed by atoms with van der Waals surface area (Å²) in [6.45, 7) is 0.562. The number of ketones is 1. The van der Waals surface area contributed by atoms with Crippen LogP contribution in [0.3, 0.4) is 0 Å². The molecule has 1 aromatic carbocycles. The van der Waals surface area contributed by atoms with Crippen molar-refractivity contribution >= 4 is 5.78 Å². The molecule has 0 spiro atoms. The predicted octanol–water partition coefficient (Wildman–Crippen LogP) is 1.81. The summed E-state index contributed by atoms with van der Waals surface area (Å²) in [5.74, 6) is 5.79. The first-order valence-electron chi connectivity index (χ1n) is 7.26. The van der Waals surface area contributed by atoms with E-state index in [1.54, 1.807) is 0 Å². The van der Waals surface area contributed by atoms with Gasteiger partial charge in [-0.3, -0.25) is 4.79 Å². The van der Waals surface area contributed by atoms with Gasteiger partial charge in [0.25, 0.3) is 0 Å². The van der Waals surface area contributed by atoms with Gasteiger partial charge in [0.05, 0.1) is 33.7 Å². The lowest BCUT2D eigenvalue weighted by Gasteiger charge is -2.28. The Morgan fingerprint density at radius 3 is 2.52 bits per heavy atom. The zero-order valence-electron chi connectivity index (χ0n) is 13.3. The highest BCUT2D eigenvalue weighted by atomic mass is 16.5. The highest BCUT2D eigenvalue weighted by Gasteiger charge is 2.41. The molecule has 122 valence electrons. The standard InChI is InChI=1S/C18H20O5/c1-21-15-11-17(19)18(20,12-16(15)22-2)9-6-10-23-13-14-7-4-3-5-8-14/h3-5,7-8,20H,10-13H2,1-2H3. The molecular formula is C18H20O5. The summed E-state index contributed by atoms with van der Waals surface area (Å²) in [7, 11) is 2.94. The zero-order chi connectivity index (χ0) is 16.7. The third kappa shape index (κ3) is 4.35. The molecule has 0 aliphatic heterocycles. The molecule has 1 N–H and O–H groups in total. The maximum Gasteiger partial charge on any atom is 0.191 e. The maximum absolute atomic E-state index is 12.1. The van der Waals surface area contributed by atoms with E-state index in [9.17, 15) is 9.90 Å². The van der Waals surface area contributed by atoms with Gasteiger partial charge in [0.2, 0.25) is 0 Å². The lowest BCUT2D eigenvalue weighted by molar-refractivity contribution is -0.134. The van der Waals surface area contributed by atoms with E-state index >= 15 is 0 Å². The highest BCUT2D eigenvalue weighted by molar-refractivity contribution is 5.93. The van der Waals surface area contributed by atoms with E-state index in [2.05, 4.69) is 11.8 Å². The van der Waals surface area contributed by atoms with Crippen molar-refractivity contribution in [2.24, 2.45) is 0 Å². The summed E-state index contributed by atoms with van der Waals surface area (Å²) in [4.78, 5) is 12.1. The topological polar surface area (TPSA) is 65.0 Å². The lowest BCUT2D eigenvalue weighted by atomic mass is 9.86. The average molecular weight is 316 g/mol. The molecule has 0 saturated heterocycles. The summed E-state index contributed by atoms with van der Waals surface area (Å²) in [5, 5.41) is 10.4. The van der Waals surface area contributed by atoms with E-state index in [0.29, 0.717) is 18.1 Å². The molecule has 23 heavy (non-hydrogen) atoms. The number of carbonyl (C=O) groups excluding carboxylic acids is 1.